The molecule has 0 aromatic rings. The van der Waals surface area contributed by atoms with Crippen molar-refractivity contribution in [2.75, 3.05) is 5.75 Å². The summed E-state index contributed by atoms with van der Waals surface area (Å²) in [5.74, 6) is 0.694. The van der Waals surface area contributed by atoms with E-state index in [1.54, 1.807) is 0 Å². The Bertz CT molecular complexity index is 429. The summed E-state index contributed by atoms with van der Waals surface area (Å²) in [6, 6.07) is 1.65. The van der Waals surface area contributed by atoms with Gasteiger partial charge >= 0.3 is 0 Å². The first-order chi connectivity index (χ1) is 9.61. The molecule has 5 heteroatoms. The van der Waals surface area contributed by atoms with Crippen LogP contribution >= 0.6 is 0 Å². The second-order valence-corrected chi connectivity index (χ2v) is 8.21. The zero-order chi connectivity index (χ0) is 14.4. The molecule has 114 valence electrons. The van der Waals surface area contributed by atoms with Crippen LogP contribution in [0.25, 0.3) is 0 Å². The molecule has 2 rings (SSSR count). The minimum atomic E-state index is -3.31. The number of rotatable bonds is 5. The quantitative estimate of drug-likeness (QED) is 0.848. The van der Waals surface area contributed by atoms with E-state index < -0.39 is 16.1 Å². The second-order valence-electron chi connectivity index (χ2n) is 6.41. The summed E-state index contributed by atoms with van der Waals surface area (Å²) < 4.78 is 27.2. The molecule has 0 spiro atoms. The molecule has 0 aliphatic heterocycles. The minimum absolute atomic E-state index is 0.204. The van der Waals surface area contributed by atoms with Crippen LogP contribution in [-0.4, -0.2) is 20.2 Å². The van der Waals surface area contributed by atoms with Gasteiger partial charge in [-0.2, -0.15) is 9.98 Å². The van der Waals surface area contributed by atoms with Crippen LogP contribution < -0.4 is 4.72 Å². The van der Waals surface area contributed by atoms with E-state index in [9.17, 15) is 13.7 Å². The van der Waals surface area contributed by atoms with Crippen LogP contribution in [0.5, 0.6) is 0 Å². The number of hydrogen-bond acceptors (Lipinski definition) is 3. The molecule has 2 aliphatic rings. The highest BCUT2D eigenvalue weighted by molar-refractivity contribution is 7.89. The molecule has 0 aromatic heterocycles. The van der Waals surface area contributed by atoms with E-state index in [-0.39, 0.29) is 17.6 Å². The van der Waals surface area contributed by atoms with Gasteiger partial charge < -0.3 is 0 Å². The van der Waals surface area contributed by atoms with Gasteiger partial charge in [0.15, 0.2) is 0 Å². The van der Waals surface area contributed by atoms with Crippen molar-refractivity contribution < 1.29 is 8.42 Å². The summed E-state index contributed by atoms with van der Waals surface area (Å²) in [5, 5.41) is 9.27. The lowest BCUT2D eigenvalue weighted by Crippen LogP contribution is -2.42. The molecule has 0 aromatic carbocycles. The SMILES string of the molecule is N#CC(NS(=O)(=O)CC1CCCCC1)C1CCCCC1. The smallest absolute Gasteiger partial charge is 0.212 e. The van der Waals surface area contributed by atoms with Gasteiger partial charge in [-0.1, -0.05) is 38.5 Å². The van der Waals surface area contributed by atoms with Gasteiger partial charge in [0.2, 0.25) is 10.0 Å². The third kappa shape index (κ3) is 4.75. The minimum Gasteiger partial charge on any atom is -0.212 e. The van der Waals surface area contributed by atoms with Gasteiger partial charge in [0.1, 0.15) is 6.04 Å². The van der Waals surface area contributed by atoms with Crippen LogP contribution in [0, 0.1) is 23.2 Å². The zero-order valence-corrected chi connectivity index (χ0v) is 13.0. The van der Waals surface area contributed by atoms with Crippen molar-refractivity contribution in [3.63, 3.8) is 0 Å². The van der Waals surface area contributed by atoms with Gasteiger partial charge in [0.05, 0.1) is 11.8 Å². The van der Waals surface area contributed by atoms with E-state index in [2.05, 4.69) is 10.8 Å². The fraction of sp³-hybridized carbons (Fsp3) is 0.933. The molecular formula is C15H26N2O2S. The summed E-state index contributed by atoms with van der Waals surface area (Å²) in [6.07, 6.45) is 10.9. The second kappa shape index (κ2) is 7.42. The van der Waals surface area contributed by atoms with Crippen molar-refractivity contribution in [3.8, 4) is 6.07 Å². The highest BCUT2D eigenvalue weighted by Gasteiger charge is 2.29. The van der Waals surface area contributed by atoms with Gasteiger partial charge in [-0.15, -0.1) is 0 Å². The predicted molar refractivity (Wildman–Crippen MR) is 79.5 cm³/mol. The number of nitriles is 1. The molecule has 2 fully saturated rings. The van der Waals surface area contributed by atoms with Crippen LogP contribution in [0.3, 0.4) is 0 Å². The fourth-order valence-corrected chi connectivity index (χ4v) is 5.28. The Morgan fingerprint density at radius 2 is 1.55 bits per heavy atom. The van der Waals surface area contributed by atoms with E-state index in [0.29, 0.717) is 0 Å². The maximum absolute atomic E-state index is 12.2. The van der Waals surface area contributed by atoms with Crippen LogP contribution in [-0.2, 0) is 10.0 Å². The van der Waals surface area contributed by atoms with Gasteiger partial charge in [0.25, 0.3) is 0 Å². The lowest BCUT2D eigenvalue weighted by atomic mass is 9.85. The molecule has 1 N–H and O–H groups in total. The largest absolute Gasteiger partial charge is 0.213 e. The molecule has 0 radical (unpaired) electrons. The van der Waals surface area contributed by atoms with Crippen molar-refractivity contribution in [1.29, 1.82) is 5.26 Å². The van der Waals surface area contributed by atoms with Crippen molar-refractivity contribution >= 4 is 10.0 Å². The first-order valence-electron chi connectivity index (χ1n) is 8.00. The molecule has 4 nitrogen and oxygen atoms in total. The number of nitrogens with one attached hydrogen (secondary N) is 1. The first kappa shape index (κ1) is 15.8. The Hall–Kier alpha value is -0.600. The average Bonchev–Trinajstić information content (AvgIpc) is 2.46. The predicted octanol–water partition coefficient (Wildman–Crippen LogP) is 2.96. The van der Waals surface area contributed by atoms with Crippen LogP contribution in [0.4, 0.5) is 0 Å². The monoisotopic (exact) mass is 298 g/mol. The number of hydrogen-bond donors (Lipinski definition) is 1. The highest BCUT2D eigenvalue weighted by Crippen LogP contribution is 2.28. The van der Waals surface area contributed by atoms with Gasteiger partial charge in [-0.05, 0) is 37.5 Å². The molecule has 1 atom stereocenters. The van der Waals surface area contributed by atoms with Crippen molar-refractivity contribution in [1.82, 2.24) is 4.72 Å². The zero-order valence-electron chi connectivity index (χ0n) is 12.2. The fourth-order valence-electron chi connectivity index (χ4n) is 3.60. The molecule has 0 bridgehead atoms. The Kier molecular flexibility index (Phi) is 5.86. The summed E-state index contributed by atoms with van der Waals surface area (Å²) in [6.45, 7) is 0. The van der Waals surface area contributed by atoms with Crippen molar-refractivity contribution in [3.05, 3.63) is 0 Å². The molecule has 2 saturated carbocycles. The van der Waals surface area contributed by atoms with Crippen molar-refractivity contribution in [2.24, 2.45) is 11.8 Å². The topological polar surface area (TPSA) is 70.0 Å². The lowest BCUT2D eigenvalue weighted by Gasteiger charge is -2.27. The standard InChI is InChI=1S/C15H26N2O2S/c16-11-15(14-9-5-2-6-10-14)17-20(18,19)12-13-7-3-1-4-8-13/h13-15,17H,1-10,12H2. The van der Waals surface area contributed by atoms with Gasteiger partial charge in [-0.3, -0.25) is 0 Å². The van der Waals surface area contributed by atoms with Gasteiger partial charge in [0, 0.05) is 0 Å². The normalized spacial score (nSPS) is 24.1. The maximum Gasteiger partial charge on any atom is 0.213 e. The summed E-state index contributed by atoms with van der Waals surface area (Å²) in [5.41, 5.74) is 0. The Morgan fingerprint density at radius 3 is 2.10 bits per heavy atom. The van der Waals surface area contributed by atoms with E-state index in [4.69, 9.17) is 0 Å². The van der Waals surface area contributed by atoms with E-state index in [1.807, 2.05) is 0 Å². The highest BCUT2D eigenvalue weighted by atomic mass is 32.2. The van der Waals surface area contributed by atoms with Crippen LogP contribution in [0.15, 0.2) is 0 Å². The molecule has 0 amide bonds. The van der Waals surface area contributed by atoms with E-state index in [1.165, 1.54) is 12.8 Å². The summed E-state index contributed by atoms with van der Waals surface area (Å²) in [7, 11) is -3.31. The van der Waals surface area contributed by atoms with Crippen LogP contribution in [0.2, 0.25) is 0 Å². The number of nitrogens with zero attached hydrogens (tertiary/aromatic N) is 1. The number of sulfonamides is 1. The van der Waals surface area contributed by atoms with Crippen molar-refractivity contribution in [2.45, 2.75) is 70.3 Å². The molecule has 0 heterocycles. The van der Waals surface area contributed by atoms with Gasteiger partial charge in [-0.25, -0.2) is 8.42 Å². The lowest BCUT2D eigenvalue weighted by molar-refractivity contribution is 0.322. The summed E-state index contributed by atoms with van der Waals surface area (Å²) in [4.78, 5) is 0. The van der Waals surface area contributed by atoms with Crippen LogP contribution in [0.1, 0.15) is 64.2 Å². The third-order valence-corrected chi connectivity index (χ3v) is 6.27. The summed E-state index contributed by atoms with van der Waals surface area (Å²) >= 11 is 0. The Morgan fingerprint density at radius 1 is 1.00 bits per heavy atom. The molecule has 1 unspecified atom stereocenters. The Balaban J connectivity index is 1.89. The third-order valence-electron chi connectivity index (χ3n) is 4.75. The van der Waals surface area contributed by atoms with E-state index >= 15 is 0 Å². The van der Waals surface area contributed by atoms with E-state index in [0.717, 1.165) is 51.4 Å². The molecule has 0 saturated heterocycles. The molecular weight excluding hydrogens is 272 g/mol. The Labute approximate surface area is 123 Å². The average molecular weight is 298 g/mol. The molecule has 2 aliphatic carbocycles. The maximum atomic E-state index is 12.2. The molecule has 20 heavy (non-hydrogen) atoms. The first-order valence-corrected chi connectivity index (χ1v) is 9.65.